The lowest BCUT2D eigenvalue weighted by Crippen LogP contribution is -2.54. The van der Waals surface area contributed by atoms with Crippen molar-refractivity contribution in [1.82, 2.24) is 10.2 Å². The van der Waals surface area contributed by atoms with Crippen LogP contribution in [0.3, 0.4) is 0 Å². The summed E-state index contributed by atoms with van der Waals surface area (Å²) in [4.78, 5) is 29.9. The maximum atomic E-state index is 11.9. The summed E-state index contributed by atoms with van der Waals surface area (Å²) in [7, 11) is 0. The third-order valence-electron chi connectivity index (χ3n) is 6.68. The van der Waals surface area contributed by atoms with E-state index in [1.165, 1.54) is 24.9 Å². The highest BCUT2D eigenvalue weighted by Gasteiger charge is 2.34. The third kappa shape index (κ3) is 10.0. The van der Waals surface area contributed by atoms with Crippen molar-refractivity contribution in [2.75, 3.05) is 42.5 Å². The number of hydrogen-bond donors (Lipinski definition) is 1. The number of anilines is 2. The summed E-state index contributed by atoms with van der Waals surface area (Å²) in [6.45, 7) is 22.6. The average Bonchev–Trinajstić information content (AvgIpc) is 2.79. The molecule has 3 fully saturated rings. The molecule has 0 unspecified atom stereocenters. The van der Waals surface area contributed by atoms with Gasteiger partial charge in [0.05, 0.1) is 5.76 Å². The van der Waals surface area contributed by atoms with Crippen molar-refractivity contribution >= 4 is 23.3 Å². The molecule has 1 aromatic rings. The molecule has 1 saturated carbocycles. The fourth-order valence-corrected chi connectivity index (χ4v) is 4.85. The van der Waals surface area contributed by atoms with Crippen molar-refractivity contribution in [3.63, 3.8) is 0 Å². The van der Waals surface area contributed by atoms with E-state index in [-0.39, 0.29) is 25.0 Å². The number of allylic oxidation sites excluding steroid dienone is 1. The van der Waals surface area contributed by atoms with Crippen LogP contribution in [0.1, 0.15) is 81.6 Å². The number of amides is 3. The first-order valence-electron chi connectivity index (χ1n) is 13.6. The van der Waals surface area contributed by atoms with E-state index in [0.29, 0.717) is 13.0 Å². The van der Waals surface area contributed by atoms with Crippen LogP contribution in [0, 0.1) is 5.92 Å². The highest BCUT2D eigenvalue weighted by molar-refractivity contribution is 6.05. The predicted octanol–water partition coefficient (Wildman–Crippen LogP) is 6.44. The Kier molecular flexibility index (Phi) is 13.2. The van der Waals surface area contributed by atoms with E-state index in [1.807, 2.05) is 53.7 Å². The quantitative estimate of drug-likeness (QED) is 0.456. The number of urea groups is 1. The molecule has 1 N–H and O–H groups in total. The van der Waals surface area contributed by atoms with Crippen molar-refractivity contribution in [2.45, 2.75) is 93.2 Å². The van der Waals surface area contributed by atoms with E-state index < -0.39 is 0 Å². The van der Waals surface area contributed by atoms with Gasteiger partial charge in [0.25, 0.3) is 0 Å². The van der Waals surface area contributed by atoms with Crippen molar-refractivity contribution in [2.24, 2.45) is 5.92 Å². The first-order chi connectivity index (χ1) is 17.1. The molecule has 0 bridgehead atoms. The van der Waals surface area contributed by atoms with Gasteiger partial charge in [0.2, 0.25) is 5.91 Å². The summed E-state index contributed by atoms with van der Waals surface area (Å²) in [6.07, 6.45) is 4.44. The maximum absolute atomic E-state index is 11.9. The molecule has 1 aromatic carbocycles. The van der Waals surface area contributed by atoms with Gasteiger partial charge in [-0.3, -0.25) is 19.9 Å². The van der Waals surface area contributed by atoms with Gasteiger partial charge in [-0.25, -0.2) is 4.79 Å². The summed E-state index contributed by atoms with van der Waals surface area (Å²) in [5.74, 6) is 1.53. The SMILES string of the molecule is C.C=C(C)OC(C)(C)C.CC.CCC1CC(N2CCN(c3ccc(N4CCC(=O)NC4=O)cc3)CC2)C1. The van der Waals surface area contributed by atoms with Crippen molar-refractivity contribution in [1.29, 1.82) is 0 Å². The lowest BCUT2D eigenvalue weighted by Gasteiger charge is -2.46. The molecule has 4 rings (SSSR count). The number of ether oxygens (including phenoxy) is 1. The number of piperazine rings is 1. The van der Waals surface area contributed by atoms with E-state index >= 15 is 0 Å². The number of benzene rings is 1. The van der Waals surface area contributed by atoms with Crippen LogP contribution in [0.25, 0.3) is 0 Å². The zero-order valence-corrected chi connectivity index (χ0v) is 23.6. The second-order valence-electron chi connectivity index (χ2n) is 10.6. The number of rotatable bonds is 5. The lowest BCUT2D eigenvalue weighted by molar-refractivity contribution is -0.120. The molecule has 0 spiro atoms. The van der Waals surface area contributed by atoms with Crippen LogP contribution in [0.4, 0.5) is 16.2 Å². The van der Waals surface area contributed by atoms with Gasteiger partial charge in [0, 0.05) is 56.6 Å². The van der Waals surface area contributed by atoms with Crippen LogP contribution < -0.4 is 15.1 Å². The second-order valence-corrected chi connectivity index (χ2v) is 10.6. The first kappa shape index (κ1) is 32.5. The molecule has 1 aliphatic carbocycles. The summed E-state index contributed by atoms with van der Waals surface area (Å²) in [5.41, 5.74) is 1.98. The highest BCUT2D eigenvalue weighted by Crippen LogP contribution is 2.34. The summed E-state index contributed by atoms with van der Waals surface area (Å²) in [5, 5.41) is 2.37. The standard InChI is InChI=1S/C20H28N4O2.C7H14O.C2H6.CH4/c1-2-15-13-18(14-15)23-11-9-22(10-12-23)16-3-5-17(6-4-16)24-8-7-19(25)21-20(24)26;1-6(2)8-7(3,4)5;1-2;/h3-6,15,18H,2,7-14H2,1H3,(H,21,25,26);1H2,2-5H3;1-2H3;1H4. The molecule has 2 saturated heterocycles. The van der Waals surface area contributed by atoms with Gasteiger partial charge in [-0.05, 0) is 70.7 Å². The van der Waals surface area contributed by atoms with Gasteiger partial charge >= 0.3 is 6.03 Å². The minimum atomic E-state index is -0.325. The fraction of sp³-hybridized carbons (Fsp3) is 0.667. The molecule has 0 aromatic heterocycles. The Morgan fingerprint density at radius 2 is 1.54 bits per heavy atom. The van der Waals surface area contributed by atoms with Gasteiger partial charge in [-0.15, -0.1) is 0 Å². The van der Waals surface area contributed by atoms with Gasteiger partial charge in [-0.2, -0.15) is 0 Å². The van der Waals surface area contributed by atoms with Crippen molar-refractivity contribution in [3.8, 4) is 0 Å². The van der Waals surface area contributed by atoms with E-state index in [0.717, 1.165) is 49.6 Å². The number of nitrogens with one attached hydrogen (secondary N) is 1. The smallest absolute Gasteiger partial charge is 0.328 e. The second kappa shape index (κ2) is 15.0. The van der Waals surface area contributed by atoms with E-state index in [1.54, 1.807) is 4.90 Å². The number of carbonyl (C=O) groups excluding carboxylic acids is 2. The topological polar surface area (TPSA) is 65.1 Å². The Morgan fingerprint density at radius 3 is 1.97 bits per heavy atom. The lowest BCUT2D eigenvalue weighted by atomic mass is 9.77. The van der Waals surface area contributed by atoms with Crippen LogP contribution in [0.5, 0.6) is 0 Å². The molecule has 0 atom stereocenters. The monoisotopic (exact) mass is 516 g/mol. The predicted molar refractivity (Wildman–Crippen MR) is 156 cm³/mol. The Balaban J connectivity index is 0.000000538. The van der Waals surface area contributed by atoms with E-state index in [9.17, 15) is 9.59 Å². The third-order valence-corrected chi connectivity index (χ3v) is 6.68. The first-order valence-corrected chi connectivity index (χ1v) is 13.6. The number of carbonyl (C=O) groups is 2. The van der Waals surface area contributed by atoms with Gasteiger partial charge in [-0.1, -0.05) is 41.2 Å². The molecule has 7 heteroatoms. The molecular weight excluding hydrogens is 464 g/mol. The van der Waals surface area contributed by atoms with Crippen LogP contribution in [-0.2, 0) is 9.53 Å². The zero-order chi connectivity index (χ0) is 26.9. The molecule has 7 nitrogen and oxygen atoms in total. The van der Waals surface area contributed by atoms with Crippen LogP contribution >= 0.6 is 0 Å². The van der Waals surface area contributed by atoms with Gasteiger partial charge < -0.3 is 9.64 Å². The van der Waals surface area contributed by atoms with E-state index in [2.05, 4.69) is 40.8 Å². The summed E-state index contributed by atoms with van der Waals surface area (Å²) >= 11 is 0. The number of imide groups is 1. The molecule has 3 aliphatic rings. The molecule has 37 heavy (non-hydrogen) atoms. The highest BCUT2D eigenvalue weighted by atomic mass is 16.5. The normalized spacial score (nSPS) is 21.7. The molecule has 210 valence electrons. The van der Waals surface area contributed by atoms with Crippen LogP contribution in [0.15, 0.2) is 36.6 Å². The minimum Gasteiger partial charge on any atom is -0.493 e. The van der Waals surface area contributed by atoms with Gasteiger partial charge in [0.15, 0.2) is 0 Å². The summed E-state index contributed by atoms with van der Waals surface area (Å²) < 4.78 is 5.24. The Bertz CT molecular complexity index is 849. The average molecular weight is 517 g/mol. The molecule has 2 aliphatic heterocycles. The zero-order valence-electron chi connectivity index (χ0n) is 23.6. The van der Waals surface area contributed by atoms with E-state index in [4.69, 9.17) is 4.74 Å². The fourth-order valence-electron chi connectivity index (χ4n) is 4.85. The van der Waals surface area contributed by atoms with Crippen molar-refractivity contribution in [3.05, 3.63) is 36.6 Å². The Morgan fingerprint density at radius 1 is 1.00 bits per heavy atom. The van der Waals surface area contributed by atoms with Gasteiger partial charge in [0.1, 0.15) is 5.60 Å². The Hall–Kier alpha value is -2.54. The largest absolute Gasteiger partial charge is 0.493 e. The Labute approximate surface area is 226 Å². The van der Waals surface area contributed by atoms with Crippen LogP contribution in [-0.4, -0.2) is 61.2 Å². The molecule has 3 amide bonds. The minimum absolute atomic E-state index is 0. The number of hydrogen-bond acceptors (Lipinski definition) is 5. The maximum Gasteiger partial charge on any atom is 0.328 e. The number of nitrogens with zero attached hydrogens (tertiary/aromatic N) is 3. The van der Waals surface area contributed by atoms with Crippen molar-refractivity contribution < 1.29 is 14.3 Å². The molecule has 2 heterocycles. The molecule has 0 radical (unpaired) electrons. The van der Waals surface area contributed by atoms with Crippen LogP contribution in [0.2, 0.25) is 0 Å². The molecular formula is C30H52N4O3. The summed E-state index contributed by atoms with van der Waals surface area (Å²) in [6, 6.07) is 8.62.